The predicted octanol–water partition coefficient (Wildman–Crippen LogP) is 3.11. The quantitative estimate of drug-likeness (QED) is 0.925. The van der Waals surface area contributed by atoms with Gasteiger partial charge in [0, 0.05) is 31.4 Å². The molecule has 0 unspecified atom stereocenters. The van der Waals surface area contributed by atoms with Crippen molar-refractivity contribution in [2.75, 3.05) is 25.0 Å². The van der Waals surface area contributed by atoms with Crippen LogP contribution in [-0.2, 0) is 16.1 Å². The summed E-state index contributed by atoms with van der Waals surface area (Å²) in [7, 11) is 0. The van der Waals surface area contributed by atoms with Crippen LogP contribution in [0, 0.1) is 18.6 Å². The van der Waals surface area contributed by atoms with Crippen LogP contribution in [0.5, 0.6) is 0 Å². The highest BCUT2D eigenvalue weighted by molar-refractivity contribution is 5.94. The van der Waals surface area contributed by atoms with Crippen molar-refractivity contribution < 1.29 is 18.3 Å². The number of aryl methyl sites for hydroxylation is 1. The molecule has 1 atom stereocenters. The maximum absolute atomic E-state index is 13.2. The van der Waals surface area contributed by atoms with Gasteiger partial charge in [-0.3, -0.25) is 9.69 Å². The highest BCUT2D eigenvalue weighted by Crippen LogP contribution is 2.16. The van der Waals surface area contributed by atoms with Crippen LogP contribution in [0.1, 0.15) is 11.1 Å². The summed E-state index contributed by atoms with van der Waals surface area (Å²) in [5.74, 6) is -1.87. The van der Waals surface area contributed by atoms with Crippen LogP contribution < -0.4 is 5.32 Å². The monoisotopic (exact) mass is 346 g/mol. The van der Waals surface area contributed by atoms with Gasteiger partial charge in [0.1, 0.15) is 17.7 Å². The second-order valence-corrected chi connectivity index (χ2v) is 6.23. The van der Waals surface area contributed by atoms with Gasteiger partial charge in [-0.1, -0.05) is 29.8 Å². The number of amides is 1. The van der Waals surface area contributed by atoms with Gasteiger partial charge >= 0.3 is 0 Å². The average Bonchev–Trinajstić information content (AvgIpc) is 2.56. The Morgan fingerprint density at radius 2 is 1.88 bits per heavy atom. The number of benzene rings is 2. The number of carbonyl (C=O) groups is 1. The molecule has 25 heavy (non-hydrogen) atoms. The van der Waals surface area contributed by atoms with Crippen LogP contribution in [0.25, 0.3) is 0 Å². The zero-order chi connectivity index (χ0) is 17.8. The maximum Gasteiger partial charge on any atom is 0.254 e. The van der Waals surface area contributed by atoms with E-state index in [0.29, 0.717) is 13.2 Å². The molecule has 1 aliphatic heterocycles. The lowest BCUT2D eigenvalue weighted by Gasteiger charge is -2.32. The van der Waals surface area contributed by atoms with Crippen LogP contribution in [0.15, 0.2) is 42.5 Å². The van der Waals surface area contributed by atoms with E-state index in [9.17, 15) is 13.6 Å². The molecule has 2 aromatic rings. The first-order chi connectivity index (χ1) is 12.0. The van der Waals surface area contributed by atoms with Gasteiger partial charge < -0.3 is 10.1 Å². The van der Waals surface area contributed by atoms with Crippen molar-refractivity contribution in [1.29, 1.82) is 0 Å². The third kappa shape index (κ3) is 4.84. The molecule has 0 saturated carbocycles. The van der Waals surface area contributed by atoms with E-state index in [1.165, 1.54) is 11.1 Å². The summed E-state index contributed by atoms with van der Waals surface area (Å²) in [4.78, 5) is 14.5. The van der Waals surface area contributed by atoms with Crippen molar-refractivity contribution in [3.05, 3.63) is 65.2 Å². The first kappa shape index (κ1) is 17.5. The Kier molecular flexibility index (Phi) is 5.40. The van der Waals surface area contributed by atoms with E-state index in [1.807, 2.05) is 6.92 Å². The minimum absolute atomic E-state index is 0.0850. The average molecular weight is 346 g/mol. The molecule has 132 valence electrons. The lowest BCUT2D eigenvalue weighted by atomic mass is 10.1. The topological polar surface area (TPSA) is 41.6 Å². The molecular formula is C19H20F2N2O2. The van der Waals surface area contributed by atoms with Gasteiger partial charge in [-0.25, -0.2) is 8.78 Å². The number of hydrogen-bond acceptors (Lipinski definition) is 3. The van der Waals surface area contributed by atoms with Crippen molar-refractivity contribution in [2.24, 2.45) is 0 Å². The fraction of sp³-hybridized carbons (Fsp3) is 0.316. The van der Waals surface area contributed by atoms with Crippen LogP contribution >= 0.6 is 0 Å². The SMILES string of the molecule is Cc1ccc(CN2CCO[C@@H](C(=O)Nc3cc(F)cc(F)c3)C2)cc1. The van der Waals surface area contributed by atoms with Gasteiger partial charge in [0.05, 0.1) is 6.61 Å². The third-order valence-electron chi connectivity index (χ3n) is 4.10. The van der Waals surface area contributed by atoms with E-state index in [0.717, 1.165) is 31.3 Å². The van der Waals surface area contributed by atoms with Crippen molar-refractivity contribution in [3.8, 4) is 0 Å². The van der Waals surface area contributed by atoms with Crippen molar-refractivity contribution >= 4 is 11.6 Å². The number of carbonyl (C=O) groups excluding carboxylic acids is 1. The fourth-order valence-corrected chi connectivity index (χ4v) is 2.81. The standard InChI is InChI=1S/C19H20F2N2O2/c1-13-2-4-14(5-3-13)11-23-6-7-25-18(12-23)19(24)22-17-9-15(20)8-16(21)10-17/h2-5,8-10,18H,6-7,11-12H2,1H3,(H,22,24)/t18-/m1/s1. The molecule has 1 N–H and O–H groups in total. The Morgan fingerprint density at radius 1 is 1.20 bits per heavy atom. The summed E-state index contributed by atoms with van der Waals surface area (Å²) in [5, 5.41) is 2.51. The highest BCUT2D eigenvalue weighted by atomic mass is 19.1. The van der Waals surface area contributed by atoms with Gasteiger partial charge in [-0.2, -0.15) is 0 Å². The Hall–Kier alpha value is -2.31. The van der Waals surface area contributed by atoms with E-state index in [4.69, 9.17) is 4.74 Å². The van der Waals surface area contributed by atoms with Crippen LogP contribution in [0.3, 0.4) is 0 Å². The molecule has 6 heteroatoms. The molecule has 0 radical (unpaired) electrons. The first-order valence-corrected chi connectivity index (χ1v) is 8.16. The van der Waals surface area contributed by atoms with Gasteiger partial charge in [-0.15, -0.1) is 0 Å². The van der Waals surface area contributed by atoms with Gasteiger partial charge in [-0.05, 0) is 24.6 Å². The van der Waals surface area contributed by atoms with Gasteiger partial charge in [0.15, 0.2) is 0 Å². The third-order valence-corrected chi connectivity index (χ3v) is 4.10. The zero-order valence-corrected chi connectivity index (χ0v) is 14.0. The second-order valence-electron chi connectivity index (χ2n) is 6.23. The van der Waals surface area contributed by atoms with Crippen molar-refractivity contribution in [3.63, 3.8) is 0 Å². The summed E-state index contributed by atoms with van der Waals surface area (Å²) in [6, 6.07) is 11.2. The molecule has 1 saturated heterocycles. The molecule has 1 amide bonds. The molecule has 0 aliphatic carbocycles. The molecule has 4 nitrogen and oxygen atoms in total. The smallest absolute Gasteiger partial charge is 0.254 e. The first-order valence-electron chi connectivity index (χ1n) is 8.16. The Morgan fingerprint density at radius 3 is 2.56 bits per heavy atom. The van der Waals surface area contributed by atoms with Gasteiger partial charge in [0.2, 0.25) is 0 Å². The molecular weight excluding hydrogens is 326 g/mol. The Bertz CT molecular complexity index is 729. The summed E-state index contributed by atoms with van der Waals surface area (Å²) in [6.07, 6.45) is -0.675. The predicted molar refractivity (Wildman–Crippen MR) is 91.2 cm³/mol. The normalized spacial score (nSPS) is 18.1. The number of nitrogens with one attached hydrogen (secondary N) is 1. The van der Waals surface area contributed by atoms with Crippen LogP contribution in [0.2, 0.25) is 0 Å². The number of hydrogen-bond donors (Lipinski definition) is 1. The lowest BCUT2D eigenvalue weighted by molar-refractivity contribution is -0.133. The molecule has 0 bridgehead atoms. The van der Waals surface area contributed by atoms with Crippen molar-refractivity contribution in [2.45, 2.75) is 19.6 Å². The van der Waals surface area contributed by atoms with Crippen LogP contribution in [0.4, 0.5) is 14.5 Å². The van der Waals surface area contributed by atoms with Crippen molar-refractivity contribution in [1.82, 2.24) is 4.90 Å². The molecule has 2 aromatic carbocycles. The molecule has 1 aliphatic rings. The zero-order valence-electron chi connectivity index (χ0n) is 14.0. The van der Waals surface area contributed by atoms with E-state index in [2.05, 4.69) is 34.5 Å². The fourth-order valence-electron chi connectivity index (χ4n) is 2.81. The number of ether oxygens (including phenoxy) is 1. The van der Waals surface area contributed by atoms with E-state index >= 15 is 0 Å². The highest BCUT2D eigenvalue weighted by Gasteiger charge is 2.27. The van der Waals surface area contributed by atoms with E-state index in [-0.39, 0.29) is 5.69 Å². The number of morpholine rings is 1. The molecule has 0 spiro atoms. The minimum atomic E-state index is -0.735. The number of anilines is 1. The van der Waals surface area contributed by atoms with Crippen LogP contribution in [-0.4, -0.2) is 36.6 Å². The van der Waals surface area contributed by atoms with Gasteiger partial charge in [0.25, 0.3) is 5.91 Å². The largest absolute Gasteiger partial charge is 0.366 e. The van der Waals surface area contributed by atoms with E-state index in [1.54, 1.807) is 0 Å². The molecule has 1 fully saturated rings. The molecule has 0 aromatic heterocycles. The number of rotatable bonds is 4. The summed E-state index contributed by atoms with van der Waals surface area (Å²) >= 11 is 0. The minimum Gasteiger partial charge on any atom is -0.366 e. The molecule has 1 heterocycles. The second kappa shape index (κ2) is 7.72. The number of nitrogens with zero attached hydrogens (tertiary/aromatic N) is 1. The Balaban J connectivity index is 1.60. The number of halogens is 2. The summed E-state index contributed by atoms with van der Waals surface area (Å²) in [6.45, 7) is 4.35. The maximum atomic E-state index is 13.2. The van der Waals surface area contributed by atoms with E-state index < -0.39 is 23.6 Å². The summed E-state index contributed by atoms with van der Waals surface area (Å²) in [5.41, 5.74) is 2.45. The summed E-state index contributed by atoms with van der Waals surface area (Å²) < 4.78 is 32.0. The lowest BCUT2D eigenvalue weighted by Crippen LogP contribution is -2.47. The Labute approximate surface area is 145 Å². The molecule has 3 rings (SSSR count).